The van der Waals surface area contributed by atoms with Gasteiger partial charge in [0.1, 0.15) is 0 Å². The van der Waals surface area contributed by atoms with Gasteiger partial charge in [-0.25, -0.2) is 4.99 Å². The lowest BCUT2D eigenvalue weighted by Crippen LogP contribution is -2.14. The molecule has 1 aliphatic rings. The minimum Gasteiger partial charge on any atom is -0.282 e. The summed E-state index contributed by atoms with van der Waals surface area (Å²) in [6, 6.07) is 66.2. The third-order valence-electron chi connectivity index (χ3n) is 11.0. The van der Waals surface area contributed by atoms with E-state index in [4.69, 9.17) is 10.4 Å². The Morgan fingerprint density at radius 3 is 1.73 bits per heavy atom. The van der Waals surface area contributed by atoms with E-state index in [2.05, 4.69) is 172 Å². The van der Waals surface area contributed by atoms with Crippen molar-refractivity contribution in [1.29, 1.82) is 5.41 Å². The van der Waals surface area contributed by atoms with Gasteiger partial charge < -0.3 is 0 Å². The molecule has 0 aromatic heterocycles. The quantitative estimate of drug-likeness (QED) is 0.127. The van der Waals surface area contributed by atoms with Crippen LogP contribution in [0.1, 0.15) is 41.7 Å². The summed E-state index contributed by atoms with van der Waals surface area (Å²) in [7, 11) is 0. The van der Waals surface area contributed by atoms with Crippen LogP contribution >= 0.6 is 0 Å². The summed E-state index contributed by atoms with van der Waals surface area (Å²) < 4.78 is 0. The van der Waals surface area contributed by atoms with Gasteiger partial charge in [0.05, 0.1) is 5.71 Å². The summed E-state index contributed by atoms with van der Waals surface area (Å²) in [6.07, 6.45) is 4.24. The molecule has 55 heavy (non-hydrogen) atoms. The van der Waals surface area contributed by atoms with Gasteiger partial charge in [-0.2, -0.15) is 0 Å². The van der Waals surface area contributed by atoms with Crippen LogP contribution in [0.25, 0.3) is 61.4 Å². The summed E-state index contributed by atoms with van der Waals surface area (Å²) in [4.78, 5) is 5.03. The van der Waals surface area contributed by atoms with Crippen LogP contribution in [0, 0.1) is 5.41 Å². The number of fused-ring (bicyclic) bond motifs is 4. The highest BCUT2D eigenvalue weighted by atomic mass is 14.8. The van der Waals surface area contributed by atoms with Crippen molar-refractivity contribution >= 4 is 28.4 Å². The van der Waals surface area contributed by atoms with Gasteiger partial charge in [-0.15, -0.1) is 0 Å². The lowest BCUT2D eigenvalue weighted by Gasteiger charge is -2.21. The first-order valence-electron chi connectivity index (χ1n) is 18.9. The fourth-order valence-corrected chi connectivity index (χ4v) is 8.20. The van der Waals surface area contributed by atoms with Crippen LogP contribution in [0.3, 0.4) is 0 Å². The smallest absolute Gasteiger partial charge is 0.152 e. The third kappa shape index (κ3) is 6.32. The van der Waals surface area contributed by atoms with Crippen molar-refractivity contribution in [1.82, 2.24) is 0 Å². The molecule has 0 bridgehead atoms. The normalized spacial score (nSPS) is 13.2. The summed E-state index contributed by atoms with van der Waals surface area (Å²) in [5, 5.41) is 11.5. The van der Waals surface area contributed by atoms with Crippen LogP contribution in [-0.4, -0.2) is 11.5 Å². The van der Waals surface area contributed by atoms with Gasteiger partial charge in [0.25, 0.3) is 0 Å². The van der Waals surface area contributed by atoms with Crippen LogP contribution in [-0.2, 0) is 5.41 Å². The SMILES string of the molecule is CC1(C)c2ccccc2-c2c(-c3ccc(/C=C/C(=NC(=N)c4ccccc4)c4cc(-c5ccccc5)cc(-c5ccccc5)c4)c4ccccc34)cccc21. The number of hydrogen-bond donors (Lipinski definition) is 1. The molecule has 9 rings (SSSR count). The highest BCUT2D eigenvalue weighted by molar-refractivity contribution is 6.19. The number of amidine groups is 1. The maximum atomic E-state index is 9.10. The first-order chi connectivity index (χ1) is 27.0. The van der Waals surface area contributed by atoms with E-state index >= 15 is 0 Å². The van der Waals surface area contributed by atoms with Crippen LogP contribution < -0.4 is 0 Å². The van der Waals surface area contributed by atoms with E-state index in [0.717, 1.165) is 44.7 Å². The number of benzene rings is 8. The minimum atomic E-state index is -0.0676. The second-order valence-corrected chi connectivity index (χ2v) is 14.7. The Bertz CT molecular complexity index is 2720. The molecule has 0 fully saturated rings. The number of allylic oxidation sites excluding steroid dienone is 1. The summed E-state index contributed by atoms with van der Waals surface area (Å²) >= 11 is 0. The molecule has 0 saturated heterocycles. The monoisotopic (exact) mass is 704 g/mol. The highest BCUT2D eigenvalue weighted by Crippen LogP contribution is 2.52. The molecule has 0 aliphatic heterocycles. The lowest BCUT2D eigenvalue weighted by atomic mass is 9.81. The molecule has 0 amide bonds. The van der Waals surface area contributed by atoms with Gasteiger partial charge >= 0.3 is 0 Å². The van der Waals surface area contributed by atoms with Crippen LogP contribution in [0.15, 0.2) is 199 Å². The molecule has 2 nitrogen and oxygen atoms in total. The molecule has 262 valence electrons. The van der Waals surface area contributed by atoms with Gasteiger partial charge in [-0.05, 0) is 96.2 Å². The topological polar surface area (TPSA) is 36.2 Å². The van der Waals surface area contributed by atoms with Gasteiger partial charge in [0.15, 0.2) is 5.84 Å². The zero-order valence-corrected chi connectivity index (χ0v) is 31.0. The molecule has 0 saturated carbocycles. The molecule has 0 atom stereocenters. The minimum absolute atomic E-state index is 0.0676. The fourth-order valence-electron chi connectivity index (χ4n) is 8.20. The molecular weight excluding hydrogens is 665 g/mol. The lowest BCUT2D eigenvalue weighted by molar-refractivity contribution is 0.660. The number of rotatable bonds is 7. The van der Waals surface area contributed by atoms with Crippen LogP contribution in [0.4, 0.5) is 0 Å². The Morgan fingerprint density at radius 2 is 1.04 bits per heavy atom. The predicted octanol–water partition coefficient (Wildman–Crippen LogP) is 13.7. The molecule has 8 aromatic rings. The first kappa shape index (κ1) is 33.9. The third-order valence-corrected chi connectivity index (χ3v) is 11.0. The first-order valence-corrected chi connectivity index (χ1v) is 18.9. The molecule has 0 radical (unpaired) electrons. The van der Waals surface area contributed by atoms with Gasteiger partial charge in [-0.1, -0.05) is 190 Å². The highest BCUT2D eigenvalue weighted by Gasteiger charge is 2.36. The van der Waals surface area contributed by atoms with E-state index in [1.165, 1.54) is 44.2 Å². The van der Waals surface area contributed by atoms with E-state index in [1.54, 1.807) is 0 Å². The zero-order valence-electron chi connectivity index (χ0n) is 31.0. The van der Waals surface area contributed by atoms with E-state index in [0.29, 0.717) is 0 Å². The molecule has 0 heterocycles. The maximum absolute atomic E-state index is 9.10. The van der Waals surface area contributed by atoms with Gasteiger partial charge in [0, 0.05) is 16.5 Å². The van der Waals surface area contributed by atoms with Crippen molar-refractivity contribution in [2.75, 3.05) is 0 Å². The van der Waals surface area contributed by atoms with Crippen molar-refractivity contribution in [3.05, 3.63) is 222 Å². The molecule has 0 unspecified atom stereocenters. The Labute approximate surface area is 323 Å². The molecule has 1 aliphatic carbocycles. The van der Waals surface area contributed by atoms with E-state index in [-0.39, 0.29) is 11.3 Å². The Morgan fingerprint density at radius 1 is 0.473 bits per heavy atom. The van der Waals surface area contributed by atoms with Crippen molar-refractivity contribution in [3.63, 3.8) is 0 Å². The van der Waals surface area contributed by atoms with Crippen LogP contribution in [0.5, 0.6) is 0 Å². The van der Waals surface area contributed by atoms with Gasteiger partial charge in [0.2, 0.25) is 0 Å². The average Bonchev–Trinajstić information content (AvgIpc) is 3.49. The largest absolute Gasteiger partial charge is 0.282 e. The molecule has 0 spiro atoms. The summed E-state index contributed by atoms with van der Waals surface area (Å²) in [6.45, 7) is 4.67. The number of aliphatic imine (C=N–C) groups is 1. The molecular formula is C53H40N2. The maximum Gasteiger partial charge on any atom is 0.152 e. The van der Waals surface area contributed by atoms with Crippen molar-refractivity contribution < 1.29 is 0 Å². The van der Waals surface area contributed by atoms with Crippen molar-refractivity contribution in [2.24, 2.45) is 4.99 Å². The number of nitrogens with one attached hydrogen (secondary N) is 1. The summed E-state index contributed by atoms with van der Waals surface area (Å²) in [5.41, 5.74) is 15.8. The Balaban J connectivity index is 1.19. The second kappa shape index (κ2) is 14.2. The standard InChI is InChI=1S/C53H40N2/c1-53(2)48-27-15-14-25-47(48)51-46(26-16-28-49(51)53)45-31-29-38(43-23-12-13-24-44(43)45)30-32-50(55-52(54)39-21-10-5-11-22-39)42-34-40(36-17-6-3-7-18-36)33-41(35-42)37-19-8-4-9-20-37/h3-35,54H,1-2H3/b32-30+,54-52?,55-50?. The van der Waals surface area contributed by atoms with E-state index in [1.807, 2.05) is 42.5 Å². The Hall–Kier alpha value is -6.90. The zero-order chi connectivity index (χ0) is 37.4. The second-order valence-electron chi connectivity index (χ2n) is 14.7. The van der Waals surface area contributed by atoms with E-state index in [9.17, 15) is 0 Å². The molecule has 8 aromatic carbocycles. The fraction of sp³-hybridized carbons (Fsp3) is 0.0566. The molecule has 1 N–H and O–H groups in total. The van der Waals surface area contributed by atoms with E-state index < -0.39 is 0 Å². The average molecular weight is 705 g/mol. The van der Waals surface area contributed by atoms with Crippen molar-refractivity contribution in [2.45, 2.75) is 19.3 Å². The summed E-state index contributed by atoms with van der Waals surface area (Å²) in [5.74, 6) is 0.216. The van der Waals surface area contributed by atoms with Gasteiger partial charge in [-0.3, -0.25) is 5.41 Å². The van der Waals surface area contributed by atoms with Crippen molar-refractivity contribution in [3.8, 4) is 44.5 Å². The number of nitrogens with zero attached hydrogens (tertiary/aromatic N) is 1. The Kier molecular flexibility index (Phi) is 8.72. The predicted molar refractivity (Wildman–Crippen MR) is 233 cm³/mol. The number of hydrogen-bond acceptors (Lipinski definition) is 1. The molecule has 2 heteroatoms. The van der Waals surface area contributed by atoms with Crippen LogP contribution in [0.2, 0.25) is 0 Å².